The van der Waals surface area contributed by atoms with Crippen LogP contribution in [0.25, 0.3) is 0 Å². The first-order valence-electron chi connectivity index (χ1n) is 2.22. The van der Waals surface area contributed by atoms with Crippen molar-refractivity contribution in [2.45, 2.75) is 6.10 Å². The van der Waals surface area contributed by atoms with E-state index >= 15 is 0 Å². The molecule has 46 valence electrons. The Hall–Kier alpha value is 0.720. The average Bonchev–Trinajstić information content (AvgIpc) is 2.14. The Balaban J connectivity index is 2.32. The summed E-state index contributed by atoms with van der Waals surface area (Å²) in [5.41, 5.74) is 0. The summed E-state index contributed by atoms with van der Waals surface area (Å²) in [6.45, 7) is 0. The zero-order chi connectivity index (χ0) is 5.98. The van der Waals surface area contributed by atoms with E-state index in [2.05, 4.69) is 15.9 Å². The van der Waals surface area contributed by atoms with Crippen molar-refractivity contribution < 1.29 is 4.74 Å². The Morgan fingerprint density at radius 1 is 2.00 bits per heavy atom. The summed E-state index contributed by atoms with van der Waals surface area (Å²) in [6.07, 6.45) is 0.312. The van der Waals surface area contributed by atoms with Gasteiger partial charge in [0, 0.05) is 11.1 Å². The molecule has 0 radical (unpaired) electrons. The summed E-state index contributed by atoms with van der Waals surface area (Å²) >= 11 is 9.70. The molecule has 0 bridgehead atoms. The normalized spacial score (nSPS) is 28.1. The first-order chi connectivity index (χ1) is 3.83. The number of halogens is 1. The molecule has 0 amide bonds. The molecule has 0 aromatic heterocycles. The molecule has 1 aliphatic rings. The van der Waals surface area contributed by atoms with Crippen LogP contribution in [0.1, 0.15) is 0 Å². The highest BCUT2D eigenvalue weighted by atomic mass is 79.9. The van der Waals surface area contributed by atoms with Gasteiger partial charge in [0.15, 0.2) is 0 Å². The number of thioether (sulfide) groups is 1. The predicted octanol–water partition coefficient (Wildman–Crippen LogP) is 1.80. The lowest BCUT2D eigenvalue weighted by molar-refractivity contribution is 0.264. The van der Waals surface area contributed by atoms with E-state index < -0.39 is 0 Å². The molecule has 0 N–H and O–H groups in total. The molecule has 1 unspecified atom stereocenters. The van der Waals surface area contributed by atoms with E-state index in [0.717, 1.165) is 11.1 Å². The first kappa shape index (κ1) is 6.83. The van der Waals surface area contributed by atoms with Crippen LogP contribution in [0.3, 0.4) is 0 Å². The molecule has 1 fully saturated rings. The van der Waals surface area contributed by atoms with Crippen molar-refractivity contribution in [2.75, 3.05) is 11.1 Å². The fourth-order valence-electron chi connectivity index (χ4n) is 0.441. The van der Waals surface area contributed by atoms with Gasteiger partial charge < -0.3 is 4.74 Å². The van der Waals surface area contributed by atoms with Crippen LogP contribution >= 0.6 is 39.9 Å². The van der Waals surface area contributed by atoms with E-state index in [4.69, 9.17) is 17.0 Å². The van der Waals surface area contributed by atoms with Crippen molar-refractivity contribution in [3.63, 3.8) is 0 Å². The van der Waals surface area contributed by atoms with Crippen molar-refractivity contribution in [1.82, 2.24) is 0 Å². The van der Waals surface area contributed by atoms with Gasteiger partial charge in [-0.25, -0.2) is 0 Å². The second kappa shape index (κ2) is 3.03. The van der Waals surface area contributed by atoms with E-state index in [9.17, 15) is 0 Å². The highest BCUT2D eigenvalue weighted by Crippen LogP contribution is 2.20. The third-order valence-corrected chi connectivity index (χ3v) is 2.86. The molecular weight excluding hydrogens is 208 g/mol. The van der Waals surface area contributed by atoms with Crippen LogP contribution in [0.2, 0.25) is 0 Å². The van der Waals surface area contributed by atoms with Gasteiger partial charge in [0.05, 0.1) is 0 Å². The Morgan fingerprint density at radius 2 is 2.75 bits per heavy atom. The fraction of sp³-hybridized carbons (Fsp3) is 0.750. The van der Waals surface area contributed by atoms with Crippen LogP contribution in [-0.4, -0.2) is 21.6 Å². The summed E-state index contributed by atoms with van der Waals surface area (Å²) in [7, 11) is 0. The Kier molecular flexibility index (Phi) is 2.59. The molecule has 1 aliphatic heterocycles. The smallest absolute Gasteiger partial charge is 0.220 e. The molecule has 4 heteroatoms. The predicted molar refractivity (Wildman–Crippen MR) is 43.7 cm³/mol. The maximum atomic E-state index is 5.16. The van der Waals surface area contributed by atoms with Crippen molar-refractivity contribution in [2.24, 2.45) is 0 Å². The molecule has 0 aromatic rings. The monoisotopic (exact) mass is 212 g/mol. The summed E-state index contributed by atoms with van der Waals surface area (Å²) in [4.78, 5) is 0. The summed E-state index contributed by atoms with van der Waals surface area (Å²) in [6, 6.07) is 0. The number of ether oxygens (including phenoxy) is 1. The van der Waals surface area contributed by atoms with Gasteiger partial charge in [-0.3, -0.25) is 0 Å². The van der Waals surface area contributed by atoms with Crippen molar-refractivity contribution >= 4 is 44.3 Å². The fourth-order valence-corrected chi connectivity index (χ4v) is 2.16. The molecule has 8 heavy (non-hydrogen) atoms. The number of hydrogen-bond acceptors (Lipinski definition) is 3. The lowest BCUT2D eigenvalue weighted by atomic mass is 10.5. The Labute approximate surface area is 66.3 Å². The first-order valence-corrected chi connectivity index (χ1v) is 4.74. The van der Waals surface area contributed by atoms with Gasteiger partial charge in [0.2, 0.25) is 4.38 Å². The Morgan fingerprint density at radius 3 is 3.00 bits per heavy atom. The molecule has 0 aliphatic carbocycles. The van der Waals surface area contributed by atoms with E-state index in [1.807, 2.05) is 0 Å². The maximum Gasteiger partial charge on any atom is 0.220 e. The Bertz CT molecular complexity index is 106. The summed E-state index contributed by atoms with van der Waals surface area (Å²) in [5, 5.41) is 0.889. The minimum atomic E-state index is 0.312. The lowest BCUT2D eigenvalue weighted by Gasteiger charge is -2.00. The van der Waals surface area contributed by atoms with Crippen LogP contribution in [0.5, 0.6) is 0 Å². The van der Waals surface area contributed by atoms with Gasteiger partial charge >= 0.3 is 0 Å². The highest BCUT2D eigenvalue weighted by Gasteiger charge is 2.19. The van der Waals surface area contributed by atoms with E-state index in [1.54, 1.807) is 11.8 Å². The molecule has 1 heterocycles. The molecule has 1 saturated heterocycles. The number of rotatable bonds is 1. The second-order valence-electron chi connectivity index (χ2n) is 1.46. The third-order valence-electron chi connectivity index (χ3n) is 0.822. The maximum absolute atomic E-state index is 5.16. The SMILES string of the molecule is S=C1OC(CBr)CS1. The van der Waals surface area contributed by atoms with Crippen LogP contribution in [0.15, 0.2) is 0 Å². The standard InChI is InChI=1S/C4H5BrOS2/c5-1-3-2-8-4(7)6-3/h3H,1-2H2. The average molecular weight is 213 g/mol. The topological polar surface area (TPSA) is 9.23 Å². The zero-order valence-electron chi connectivity index (χ0n) is 4.09. The number of alkyl halides is 1. The molecule has 1 rings (SSSR count). The molecule has 1 nitrogen and oxygen atoms in total. The molecule has 1 atom stereocenters. The van der Waals surface area contributed by atoms with Gasteiger partial charge in [-0.15, -0.1) is 0 Å². The van der Waals surface area contributed by atoms with Crippen molar-refractivity contribution in [3.05, 3.63) is 0 Å². The van der Waals surface area contributed by atoms with Crippen LogP contribution in [-0.2, 0) is 4.74 Å². The van der Waals surface area contributed by atoms with Gasteiger partial charge in [-0.05, 0) is 12.2 Å². The van der Waals surface area contributed by atoms with Crippen LogP contribution < -0.4 is 0 Å². The molecule has 0 aromatic carbocycles. The summed E-state index contributed by atoms with van der Waals surface area (Å²) in [5.74, 6) is 1.00. The second-order valence-corrected chi connectivity index (χ2v) is 3.72. The third kappa shape index (κ3) is 1.60. The number of thiocarbonyl (C=S) groups is 1. The zero-order valence-corrected chi connectivity index (χ0v) is 7.31. The van der Waals surface area contributed by atoms with Gasteiger partial charge in [0.1, 0.15) is 6.10 Å². The van der Waals surface area contributed by atoms with Gasteiger partial charge in [0.25, 0.3) is 0 Å². The van der Waals surface area contributed by atoms with E-state index in [-0.39, 0.29) is 0 Å². The van der Waals surface area contributed by atoms with Crippen LogP contribution in [0, 0.1) is 0 Å². The van der Waals surface area contributed by atoms with Gasteiger partial charge in [-0.1, -0.05) is 27.7 Å². The van der Waals surface area contributed by atoms with E-state index in [0.29, 0.717) is 10.5 Å². The quantitative estimate of drug-likeness (QED) is 0.485. The number of hydrogen-bond donors (Lipinski definition) is 0. The molecule has 0 saturated carbocycles. The largest absolute Gasteiger partial charge is 0.473 e. The molecule has 0 spiro atoms. The molecular formula is C4H5BrOS2. The van der Waals surface area contributed by atoms with Crippen molar-refractivity contribution in [3.8, 4) is 0 Å². The summed E-state index contributed by atoms with van der Waals surface area (Å²) < 4.78 is 5.85. The minimum absolute atomic E-state index is 0.312. The van der Waals surface area contributed by atoms with Crippen molar-refractivity contribution in [1.29, 1.82) is 0 Å². The highest BCUT2D eigenvalue weighted by molar-refractivity contribution is 9.09. The van der Waals surface area contributed by atoms with Gasteiger partial charge in [-0.2, -0.15) is 0 Å². The minimum Gasteiger partial charge on any atom is -0.473 e. The van der Waals surface area contributed by atoms with Crippen LogP contribution in [0.4, 0.5) is 0 Å². The van der Waals surface area contributed by atoms with E-state index in [1.165, 1.54) is 0 Å². The lowest BCUT2D eigenvalue weighted by Crippen LogP contribution is -2.09.